The minimum absolute atomic E-state index is 0.144. The second-order valence-corrected chi connectivity index (χ2v) is 8.60. The van der Waals surface area contributed by atoms with Crippen LogP contribution in [0.4, 0.5) is 0 Å². The molecule has 0 fully saturated rings. The summed E-state index contributed by atoms with van der Waals surface area (Å²) in [5.41, 5.74) is 1.88. The van der Waals surface area contributed by atoms with Crippen LogP contribution in [-0.4, -0.2) is 26.6 Å². The van der Waals surface area contributed by atoms with Crippen molar-refractivity contribution in [2.24, 2.45) is 0 Å². The SMILES string of the molecule is O=S(=O)(NC(Cc1ccsc1)c1cccnc1)c1ccc2c(c1)OCCO2. The van der Waals surface area contributed by atoms with Gasteiger partial charge in [0.05, 0.1) is 10.9 Å². The third-order valence-electron chi connectivity index (χ3n) is 4.23. The van der Waals surface area contributed by atoms with Crippen molar-refractivity contribution < 1.29 is 17.9 Å². The largest absolute Gasteiger partial charge is 0.486 e. The quantitative estimate of drug-likeness (QED) is 0.685. The number of sulfonamides is 1. The van der Waals surface area contributed by atoms with E-state index in [0.717, 1.165) is 11.1 Å². The lowest BCUT2D eigenvalue weighted by Gasteiger charge is -2.21. The van der Waals surface area contributed by atoms with Crippen molar-refractivity contribution in [1.82, 2.24) is 9.71 Å². The van der Waals surface area contributed by atoms with E-state index in [2.05, 4.69) is 9.71 Å². The maximum absolute atomic E-state index is 13.0. The van der Waals surface area contributed by atoms with Crippen LogP contribution in [-0.2, 0) is 16.4 Å². The summed E-state index contributed by atoms with van der Waals surface area (Å²) in [5.74, 6) is 1.00. The standard InChI is InChI=1S/C19H18N2O4S2/c22-27(23,16-3-4-18-19(11-16)25-8-7-24-18)21-17(10-14-5-9-26-13-14)15-2-1-6-20-12-15/h1-6,9,11-13,17,21H,7-8,10H2. The smallest absolute Gasteiger partial charge is 0.241 e. The molecule has 1 unspecified atom stereocenters. The fraction of sp³-hybridized carbons (Fsp3) is 0.211. The molecule has 1 N–H and O–H groups in total. The Morgan fingerprint density at radius 2 is 2.00 bits per heavy atom. The zero-order chi connectivity index (χ0) is 18.7. The van der Waals surface area contributed by atoms with Crippen LogP contribution in [0.25, 0.3) is 0 Å². The Morgan fingerprint density at radius 3 is 2.74 bits per heavy atom. The van der Waals surface area contributed by atoms with Crippen LogP contribution in [0, 0.1) is 0 Å². The predicted molar refractivity (Wildman–Crippen MR) is 103 cm³/mol. The number of hydrogen-bond donors (Lipinski definition) is 1. The molecule has 0 amide bonds. The zero-order valence-electron chi connectivity index (χ0n) is 14.4. The number of aromatic nitrogens is 1. The Bertz CT molecular complexity index is 1010. The van der Waals surface area contributed by atoms with E-state index in [9.17, 15) is 8.42 Å². The molecule has 6 nitrogen and oxygen atoms in total. The van der Waals surface area contributed by atoms with Crippen molar-refractivity contribution in [2.45, 2.75) is 17.4 Å². The summed E-state index contributed by atoms with van der Waals surface area (Å²) < 4.78 is 39.8. The molecule has 1 aromatic carbocycles. The lowest BCUT2D eigenvalue weighted by Crippen LogP contribution is -2.30. The van der Waals surface area contributed by atoms with Gasteiger partial charge in [-0.3, -0.25) is 4.98 Å². The molecule has 3 heterocycles. The molecule has 0 spiro atoms. The van der Waals surface area contributed by atoms with Crippen molar-refractivity contribution in [3.63, 3.8) is 0 Å². The summed E-state index contributed by atoms with van der Waals surface area (Å²) in [5, 5.41) is 3.99. The fourth-order valence-corrected chi connectivity index (χ4v) is 4.82. The lowest BCUT2D eigenvalue weighted by molar-refractivity contribution is 0.171. The summed E-state index contributed by atoms with van der Waals surface area (Å²) in [6.07, 6.45) is 3.89. The van der Waals surface area contributed by atoms with E-state index < -0.39 is 16.1 Å². The molecule has 8 heteroatoms. The zero-order valence-corrected chi connectivity index (χ0v) is 16.0. The predicted octanol–water partition coefficient (Wildman–Crippen LogP) is 3.18. The van der Waals surface area contributed by atoms with Crippen molar-refractivity contribution in [2.75, 3.05) is 13.2 Å². The maximum Gasteiger partial charge on any atom is 0.241 e. The number of nitrogens with zero attached hydrogens (tertiary/aromatic N) is 1. The Kier molecular flexibility index (Phi) is 5.11. The molecule has 4 rings (SSSR count). The molecule has 3 aromatic rings. The fourth-order valence-electron chi connectivity index (χ4n) is 2.90. The van der Waals surface area contributed by atoms with Crippen LogP contribution in [0.5, 0.6) is 11.5 Å². The number of nitrogens with one attached hydrogen (secondary N) is 1. The highest BCUT2D eigenvalue weighted by atomic mass is 32.2. The second kappa shape index (κ2) is 7.67. The van der Waals surface area contributed by atoms with Crippen LogP contribution < -0.4 is 14.2 Å². The molecule has 0 saturated carbocycles. The van der Waals surface area contributed by atoms with Crippen LogP contribution in [0.3, 0.4) is 0 Å². The van der Waals surface area contributed by atoms with Gasteiger partial charge in [-0.05, 0) is 52.6 Å². The van der Waals surface area contributed by atoms with Crippen molar-refractivity contribution >= 4 is 21.4 Å². The van der Waals surface area contributed by atoms with Crippen molar-refractivity contribution in [3.8, 4) is 11.5 Å². The first-order valence-corrected chi connectivity index (χ1v) is 10.9. The van der Waals surface area contributed by atoms with Gasteiger partial charge < -0.3 is 9.47 Å². The van der Waals surface area contributed by atoms with Gasteiger partial charge in [0, 0.05) is 18.5 Å². The molecule has 0 bridgehead atoms. The van der Waals surface area contributed by atoms with E-state index in [4.69, 9.17) is 9.47 Å². The number of pyridine rings is 1. The van der Waals surface area contributed by atoms with E-state index in [1.807, 2.05) is 22.9 Å². The molecular weight excluding hydrogens is 384 g/mol. The molecule has 2 aromatic heterocycles. The summed E-state index contributed by atoms with van der Waals surface area (Å²) in [7, 11) is -3.75. The third kappa shape index (κ3) is 4.13. The monoisotopic (exact) mass is 402 g/mol. The lowest BCUT2D eigenvalue weighted by atomic mass is 10.0. The average molecular weight is 402 g/mol. The first-order valence-electron chi connectivity index (χ1n) is 8.45. The van der Waals surface area contributed by atoms with Crippen molar-refractivity contribution in [3.05, 3.63) is 70.7 Å². The van der Waals surface area contributed by atoms with E-state index in [1.54, 1.807) is 35.9 Å². The molecule has 0 radical (unpaired) electrons. The van der Waals surface area contributed by atoms with Crippen LogP contribution >= 0.6 is 11.3 Å². The van der Waals surface area contributed by atoms with Gasteiger partial charge in [0.25, 0.3) is 0 Å². The Labute approximate surface area is 161 Å². The maximum atomic E-state index is 13.0. The minimum Gasteiger partial charge on any atom is -0.486 e. The number of thiophene rings is 1. The topological polar surface area (TPSA) is 77.5 Å². The molecule has 27 heavy (non-hydrogen) atoms. The number of fused-ring (bicyclic) bond motifs is 1. The Hall–Kier alpha value is -2.42. The Morgan fingerprint density at radius 1 is 1.15 bits per heavy atom. The van der Waals surface area contributed by atoms with Gasteiger partial charge in [-0.25, -0.2) is 13.1 Å². The first-order chi connectivity index (χ1) is 13.1. The van der Waals surface area contributed by atoms with Gasteiger partial charge in [0.2, 0.25) is 10.0 Å². The number of benzene rings is 1. The van der Waals surface area contributed by atoms with Gasteiger partial charge in [0.1, 0.15) is 13.2 Å². The van der Waals surface area contributed by atoms with Gasteiger partial charge in [-0.1, -0.05) is 6.07 Å². The van der Waals surface area contributed by atoms with Gasteiger partial charge in [-0.2, -0.15) is 11.3 Å². The van der Waals surface area contributed by atoms with E-state index in [1.165, 1.54) is 12.1 Å². The van der Waals surface area contributed by atoms with Gasteiger partial charge >= 0.3 is 0 Å². The third-order valence-corrected chi connectivity index (χ3v) is 6.43. The Balaban J connectivity index is 1.63. The highest BCUT2D eigenvalue weighted by Crippen LogP contribution is 2.32. The van der Waals surface area contributed by atoms with E-state index >= 15 is 0 Å². The first kappa shape index (κ1) is 18.0. The summed E-state index contributed by atoms with van der Waals surface area (Å²) >= 11 is 1.58. The van der Waals surface area contributed by atoms with E-state index in [0.29, 0.717) is 31.1 Å². The number of rotatable bonds is 6. The molecule has 140 valence electrons. The highest BCUT2D eigenvalue weighted by Gasteiger charge is 2.24. The minimum atomic E-state index is -3.75. The van der Waals surface area contributed by atoms with Crippen LogP contribution in [0.2, 0.25) is 0 Å². The molecule has 1 aliphatic rings. The van der Waals surface area contributed by atoms with E-state index in [-0.39, 0.29) is 4.90 Å². The van der Waals surface area contributed by atoms with Crippen LogP contribution in [0.1, 0.15) is 17.2 Å². The van der Waals surface area contributed by atoms with Crippen molar-refractivity contribution in [1.29, 1.82) is 0 Å². The summed E-state index contributed by atoms with van der Waals surface area (Å²) in [4.78, 5) is 4.27. The normalized spacial score (nSPS) is 14.7. The highest BCUT2D eigenvalue weighted by molar-refractivity contribution is 7.89. The summed E-state index contributed by atoms with van der Waals surface area (Å²) in [6.45, 7) is 0.863. The number of hydrogen-bond acceptors (Lipinski definition) is 6. The van der Waals surface area contributed by atoms with Gasteiger partial charge in [0.15, 0.2) is 11.5 Å². The molecule has 1 aliphatic heterocycles. The second-order valence-electron chi connectivity index (χ2n) is 6.10. The van der Waals surface area contributed by atoms with Crippen LogP contribution in [0.15, 0.2) is 64.4 Å². The number of ether oxygens (including phenoxy) is 2. The molecule has 0 saturated heterocycles. The molecular formula is C19H18N2O4S2. The molecule has 1 atom stereocenters. The average Bonchev–Trinajstić information content (AvgIpc) is 3.21. The van der Waals surface area contributed by atoms with Gasteiger partial charge in [-0.15, -0.1) is 0 Å². The summed E-state index contributed by atoms with van der Waals surface area (Å²) in [6, 6.07) is 9.90. The molecule has 0 aliphatic carbocycles.